The van der Waals surface area contributed by atoms with Gasteiger partial charge >= 0.3 is 19.5 Å². The van der Waals surface area contributed by atoms with E-state index in [4.69, 9.17) is 6.58 Å². The summed E-state index contributed by atoms with van der Waals surface area (Å²) in [4.78, 5) is 0. The normalized spacial score (nSPS) is 25.3. The SMILES string of the molecule is C1CCC(P(C2CCCCC2)C2CCCCC2)CC1.C1CCC(P(C2CCCCC2)C2CCCCC2)CC1.[CH+]=C1C=C[CH-]C=C1.[Cl-].[Cl-].[Ru+4]. The summed E-state index contributed by atoms with van der Waals surface area (Å²) in [5, 5.41) is 0. The summed E-state index contributed by atoms with van der Waals surface area (Å²) >= 11 is 0. The molecule has 0 aromatic carbocycles. The largest absolute Gasteiger partial charge is 4.00 e. The van der Waals surface area contributed by atoms with Gasteiger partial charge in [-0.2, -0.15) is 18.6 Å². The van der Waals surface area contributed by atoms with E-state index in [-0.39, 0.29) is 44.3 Å². The van der Waals surface area contributed by atoms with Crippen LogP contribution < -0.4 is 24.8 Å². The maximum atomic E-state index is 5.36. The molecule has 0 aromatic heterocycles. The van der Waals surface area contributed by atoms with Gasteiger partial charge in [-0.15, -0.1) is 12.2 Å². The Hall–Kier alpha value is 1.06. The zero-order chi connectivity index (χ0) is 30.9. The van der Waals surface area contributed by atoms with Crippen LogP contribution in [0.2, 0.25) is 0 Å². The summed E-state index contributed by atoms with van der Waals surface area (Å²) in [6, 6.07) is 0. The number of allylic oxidation sites excluding steroid dienone is 5. The van der Waals surface area contributed by atoms with Gasteiger partial charge in [0.25, 0.3) is 0 Å². The fourth-order valence-electron chi connectivity index (χ4n) is 10.5. The van der Waals surface area contributed by atoms with Crippen LogP contribution in [0, 0.1) is 13.0 Å². The van der Waals surface area contributed by atoms with Crippen LogP contribution in [0.3, 0.4) is 0 Å². The van der Waals surface area contributed by atoms with Crippen molar-refractivity contribution in [2.45, 2.75) is 227 Å². The van der Waals surface area contributed by atoms with E-state index in [0.717, 1.165) is 5.57 Å². The zero-order valence-corrected chi connectivity index (χ0v) is 35.7. The van der Waals surface area contributed by atoms with Crippen molar-refractivity contribution >= 4 is 15.8 Å². The molecule has 48 heavy (non-hydrogen) atoms. The smallest absolute Gasteiger partial charge is 1.00 e. The Morgan fingerprint density at radius 1 is 0.375 bits per heavy atom. The van der Waals surface area contributed by atoms with E-state index in [0.29, 0.717) is 15.8 Å². The third-order valence-electron chi connectivity index (χ3n) is 12.8. The molecule has 0 nitrogen and oxygen atoms in total. The predicted molar refractivity (Wildman–Crippen MR) is 205 cm³/mol. The molecule has 7 aliphatic carbocycles. The predicted octanol–water partition coefficient (Wildman–Crippen LogP) is 8.61. The minimum atomic E-state index is 0. The van der Waals surface area contributed by atoms with Crippen molar-refractivity contribution in [2.24, 2.45) is 0 Å². The van der Waals surface area contributed by atoms with Gasteiger partial charge in [-0.25, -0.2) is 0 Å². The molecule has 274 valence electrons. The summed E-state index contributed by atoms with van der Waals surface area (Å²) in [7, 11) is 0.770. The second kappa shape index (κ2) is 26.8. The van der Waals surface area contributed by atoms with Crippen LogP contribution in [0.4, 0.5) is 0 Å². The van der Waals surface area contributed by atoms with Crippen molar-refractivity contribution in [3.8, 4) is 0 Å². The molecule has 0 N–H and O–H groups in total. The van der Waals surface area contributed by atoms with Gasteiger partial charge in [-0.1, -0.05) is 138 Å². The van der Waals surface area contributed by atoms with E-state index in [1.807, 2.05) is 30.7 Å². The molecule has 5 heteroatoms. The number of hydrogen-bond acceptors (Lipinski definition) is 0. The minimum absolute atomic E-state index is 0. The molecule has 0 radical (unpaired) electrons. The van der Waals surface area contributed by atoms with Crippen LogP contribution in [-0.4, -0.2) is 34.0 Å². The molecule has 0 aromatic rings. The standard InChI is InChI=1S/2C18H33P.C7H6.2ClH.Ru/c2*1-4-10-16(11-5-1)19(17-12-6-2-7-13-17)18-14-8-3-9-15-18;1-7-5-3-2-4-6-7;;;/h2*16-18H,1-15H2;1-6H;2*1H;/q;;;;;+4/p-2. The second-order valence-electron chi connectivity index (χ2n) is 16.1. The van der Waals surface area contributed by atoms with Crippen LogP contribution in [0.1, 0.15) is 193 Å². The Balaban J connectivity index is 0.000000264. The van der Waals surface area contributed by atoms with Crippen molar-refractivity contribution in [3.63, 3.8) is 0 Å². The van der Waals surface area contributed by atoms with Gasteiger partial charge in [0.15, 0.2) is 0 Å². The van der Waals surface area contributed by atoms with Crippen molar-refractivity contribution in [1.29, 1.82) is 0 Å². The van der Waals surface area contributed by atoms with E-state index in [9.17, 15) is 0 Å². The van der Waals surface area contributed by atoms with E-state index < -0.39 is 0 Å². The molecule has 0 amide bonds. The Morgan fingerprint density at radius 3 is 0.708 bits per heavy atom. The Morgan fingerprint density at radius 2 is 0.562 bits per heavy atom. The molecule has 0 aliphatic heterocycles. The van der Waals surface area contributed by atoms with E-state index >= 15 is 0 Å². The average Bonchev–Trinajstić information content (AvgIpc) is 3.12. The van der Waals surface area contributed by atoms with Crippen LogP contribution in [0.25, 0.3) is 0 Å². The summed E-state index contributed by atoms with van der Waals surface area (Å²) in [6.45, 7) is 5.36. The Kier molecular flexibility index (Phi) is 25.2. The molecule has 0 saturated heterocycles. The molecule has 0 atom stereocenters. The van der Waals surface area contributed by atoms with Crippen LogP contribution >= 0.6 is 15.8 Å². The molecule has 7 rings (SSSR count). The average molecular weight is 823 g/mol. The first kappa shape index (κ1) is 45.2. The number of halogens is 2. The van der Waals surface area contributed by atoms with Gasteiger partial charge < -0.3 is 24.8 Å². The second-order valence-corrected chi connectivity index (χ2v) is 22.2. The molecular weight excluding hydrogens is 750 g/mol. The summed E-state index contributed by atoms with van der Waals surface area (Å²) in [5.74, 6) is 0. The quantitative estimate of drug-likeness (QED) is 0.143. The van der Waals surface area contributed by atoms with E-state index in [1.165, 1.54) is 72.5 Å². The van der Waals surface area contributed by atoms with E-state index in [2.05, 4.69) is 0 Å². The minimum Gasteiger partial charge on any atom is -1.00 e. The van der Waals surface area contributed by atoms with Crippen LogP contribution in [-0.2, 0) is 19.5 Å². The molecule has 0 heterocycles. The zero-order valence-electron chi connectivity index (χ0n) is 30.6. The first-order chi connectivity index (χ1) is 22.3. The Labute approximate surface area is 327 Å². The van der Waals surface area contributed by atoms with Gasteiger partial charge in [-0.05, 0) is 117 Å². The third kappa shape index (κ3) is 15.2. The monoisotopic (exact) mass is 822 g/mol. The molecule has 6 saturated carbocycles. The maximum absolute atomic E-state index is 5.36. The first-order valence-corrected chi connectivity index (χ1v) is 23.7. The summed E-state index contributed by atoms with van der Waals surface area (Å²) < 4.78 is 0. The molecule has 0 bridgehead atoms. The van der Waals surface area contributed by atoms with Gasteiger partial charge in [-0.3, -0.25) is 0 Å². The topological polar surface area (TPSA) is 0 Å². The van der Waals surface area contributed by atoms with Gasteiger partial charge in [0.1, 0.15) is 0 Å². The molecule has 0 unspecified atom stereocenters. The summed E-state index contributed by atoms with van der Waals surface area (Å²) in [5.41, 5.74) is 7.96. The third-order valence-corrected chi connectivity index (χ3v) is 20.9. The van der Waals surface area contributed by atoms with Crippen molar-refractivity contribution in [3.05, 3.63) is 42.9 Å². The molecular formula is C43H72Cl2P2Ru+2. The molecule has 7 aliphatic rings. The fraction of sp³-hybridized carbons (Fsp3) is 0.837. The summed E-state index contributed by atoms with van der Waals surface area (Å²) in [6.07, 6.45) is 56.7. The number of hydrogen-bond donors (Lipinski definition) is 0. The Bertz CT molecular complexity index is 702. The van der Waals surface area contributed by atoms with Crippen LogP contribution in [0.5, 0.6) is 0 Å². The van der Waals surface area contributed by atoms with Gasteiger partial charge in [0.05, 0.1) is 0 Å². The van der Waals surface area contributed by atoms with Crippen molar-refractivity contribution in [1.82, 2.24) is 0 Å². The van der Waals surface area contributed by atoms with Crippen molar-refractivity contribution < 1.29 is 44.3 Å². The van der Waals surface area contributed by atoms with Gasteiger partial charge in [0, 0.05) is 0 Å². The molecule has 6 fully saturated rings. The van der Waals surface area contributed by atoms with Crippen LogP contribution in [0.15, 0.2) is 29.9 Å². The maximum Gasteiger partial charge on any atom is 4.00 e. The number of rotatable bonds is 6. The van der Waals surface area contributed by atoms with E-state index in [1.54, 1.807) is 154 Å². The van der Waals surface area contributed by atoms with Crippen molar-refractivity contribution in [2.75, 3.05) is 0 Å². The fourth-order valence-corrected chi connectivity index (χ4v) is 19.9. The molecule has 0 spiro atoms. The first-order valence-electron chi connectivity index (χ1n) is 20.6. The van der Waals surface area contributed by atoms with Gasteiger partial charge in [0.2, 0.25) is 0 Å².